The van der Waals surface area contributed by atoms with Crippen molar-refractivity contribution in [2.24, 2.45) is 5.10 Å². The number of thiophene rings is 1. The van der Waals surface area contributed by atoms with E-state index in [0.717, 1.165) is 4.88 Å². The average molecular weight is 473 g/mol. The van der Waals surface area contributed by atoms with Crippen LogP contribution in [-0.2, 0) is 0 Å². The topological polar surface area (TPSA) is 146 Å². The molecule has 0 spiro atoms. The summed E-state index contributed by atoms with van der Waals surface area (Å²) in [4.78, 5) is 13.8. The Kier molecular flexibility index (Phi) is 6.14. The van der Waals surface area contributed by atoms with E-state index in [1.54, 1.807) is 37.3 Å². The lowest BCUT2D eigenvalue weighted by Gasteiger charge is -2.08. The van der Waals surface area contributed by atoms with Gasteiger partial charge in [-0.25, -0.2) is 10.1 Å². The summed E-state index contributed by atoms with van der Waals surface area (Å²) >= 11 is 7.32. The molecule has 0 aliphatic carbocycles. The molecule has 3 heterocycles. The molecule has 3 aromatic heterocycles. The highest BCUT2D eigenvalue weighted by Gasteiger charge is 2.25. The Balaban J connectivity index is 1.71. The monoisotopic (exact) mass is 472 g/mol. The maximum absolute atomic E-state index is 12.9. The molecule has 4 aromatic rings. The van der Waals surface area contributed by atoms with E-state index in [1.807, 2.05) is 13.0 Å². The van der Waals surface area contributed by atoms with Crippen LogP contribution < -0.4 is 15.9 Å². The molecule has 0 atom stereocenters. The van der Waals surface area contributed by atoms with Crippen LogP contribution in [-0.4, -0.2) is 43.5 Å². The number of carbonyl (C=O) groups excluding carboxylic acids is 1. The van der Waals surface area contributed by atoms with Crippen molar-refractivity contribution in [2.45, 2.75) is 13.8 Å². The minimum Gasteiger partial charge on any atom is -0.494 e. The van der Waals surface area contributed by atoms with Crippen molar-refractivity contribution in [1.29, 1.82) is 0 Å². The molecule has 4 rings (SSSR count). The normalized spacial score (nSPS) is 11.5. The molecule has 3 N–H and O–H groups in total. The van der Waals surface area contributed by atoms with Gasteiger partial charge in [-0.1, -0.05) is 16.8 Å². The van der Waals surface area contributed by atoms with Gasteiger partial charge in [0.15, 0.2) is 5.69 Å². The summed E-state index contributed by atoms with van der Waals surface area (Å²) in [6.07, 6.45) is 0. The average Bonchev–Trinajstić information content (AvgIpc) is 3.52. The van der Waals surface area contributed by atoms with Crippen molar-refractivity contribution < 1.29 is 14.2 Å². The van der Waals surface area contributed by atoms with Crippen LogP contribution in [0.3, 0.4) is 0 Å². The summed E-state index contributed by atoms with van der Waals surface area (Å²) in [5, 5.41) is 19.5. The minimum atomic E-state index is -0.572. The third-order valence-electron chi connectivity index (χ3n) is 4.28. The Morgan fingerprint density at radius 3 is 2.69 bits per heavy atom. The summed E-state index contributed by atoms with van der Waals surface area (Å²) in [6.45, 7) is 4.18. The minimum absolute atomic E-state index is 0.00233. The highest BCUT2D eigenvalue weighted by molar-refractivity contribution is 7.18. The van der Waals surface area contributed by atoms with Gasteiger partial charge < -0.3 is 10.5 Å². The molecular formula is C19H17ClN8O3S. The Hall–Kier alpha value is -3.77. The zero-order valence-corrected chi connectivity index (χ0v) is 18.5. The van der Waals surface area contributed by atoms with Crippen molar-refractivity contribution in [1.82, 2.24) is 30.7 Å². The molecule has 0 radical (unpaired) electrons. The number of halogens is 1. The zero-order chi connectivity index (χ0) is 22.7. The smallest absolute Gasteiger partial charge is 0.294 e. The lowest BCUT2D eigenvalue weighted by molar-refractivity contribution is 0.0950. The predicted molar refractivity (Wildman–Crippen MR) is 119 cm³/mol. The van der Waals surface area contributed by atoms with Gasteiger partial charge in [0.2, 0.25) is 11.6 Å². The Morgan fingerprint density at radius 1 is 1.28 bits per heavy atom. The number of hydrogen-bond acceptors (Lipinski definition) is 10. The quantitative estimate of drug-likeness (QED) is 0.308. The van der Waals surface area contributed by atoms with Gasteiger partial charge in [0.25, 0.3) is 5.91 Å². The van der Waals surface area contributed by atoms with Crippen LogP contribution in [0.1, 0.15) is 29.2 Å². The molecule has 0 aliphatic rings. The number of nitrogens with zero attached hydrogens (tertiary/aromatic N) is 6. The second-order valence-electron chi connectivity index (χ2n) is 6.37. The van der Waals surface area contributed by atoms with Gasteiger partial charge >= 0.3 is 0 Å². The first-order valence-electron chi connectivity index (χ1n) is 9.35. The summed E-state index contributed by atoms with van der Waals surface area (Å²) in [7, 11) is 0. The third-order valence-corrected chi connectivity index (χ3v) is 5.62. The van der Waals surface area contributed by atoms with Gasteiger partial charge in [-0.15, -0.1) is 16.4 Å². The standard InChI is InChI=1S/C19H17ClN8O3S/c1-3-30-12-6-4-11(5-7-12)16-15(23-27-28(16)18-17(21)25-31-26-18)19(29)24-22-10(2)13-8-9-14(20)32-13/h4-9H,3H2,1-2H3,(H2,21,25)(H,24,29)/b22-10-. The second kappa shape index (κ2) is 9.16. The SMILES string of the molecule is CCOc1ccc(-c2c(C(=O)N/N=C(/C)c3ccc(Cl)s3)nnn2-c2nonc2N)cc1. The fourth-order valence-electron chi connectivity index (χ4n) is 2.81. The largest absolute Gasteiger partial charge is 0.494 e. The number of carbonyl (C=O) groups is 1. The summed E-state index contributed by atoms with van der Waals surface area (Å²) in [5.74, 6) is 0.210. The summed E-state index contributed by atoms with van der Waals surface area (Å²) in [5.41, 5.74) is 9.89. The summed E-state index contributed by atoms with van der Waals surface area (Å²) < 4.78 is 12.1. The zero-order valence-electron chi connectivity index (χ0n) is 16.9. The molecule has 0 fully saturated rings. The van der Waals surface area contributed by atoms with Gasteiger partial charge in [0.1, 0.15) is 11.4 Å². The highest BCUT2D eigenvalue weighted by atomic mass is 35.5. The van der Waals surface area contributed by atoms with Crippen LogP contribution in [0, 0.1) is 0 Å². The molecule has 1 amide bonds. The molecule has 0 saturated heterocycles. The van der Waals surface area contributed by atoms with Crippen LogP contribution in [0.4, 0.5) is 5.82 Å². The first-order valence-corrected chi connectivity index (χ1v) is 10.5. The Bertz CT molecular complexity index is 1280. The van der Waals surface area contributed by atoms with Crippen molar-refractivity contribution in [2.75, 3.05) is 12.3 Å². The molecule has 0 bridgehead atoms. The fraction of sp³-hybridized carbons (Fsp3) is 0.158. The maximum atomic E-state index is 12.9. The van der Waals surface area contributed by atoms with Crippen molar-refractivity contribution in [3.8, 4) is 22.8 Å². The molecule has 1 aromatic carbocycles. The van der Waals surface area contributed by atoms with Gasteiger partial charge in [-0.3, -0.25) is 4.79 Å². The number of amides is 1. The molecule has 0 unspecified atom stereocenters. The second-order valence-corrected chi connectivity index (χ2v) is 8.09. The van der Waals surface area contributed by atoms with Crippen molar-refractivity contribution in [3.05, 3.63) is 51.3 Å². The predicted octanol–water partition coefficient (Wildman–Crippen LogP) is 3.17. The first-order chi connectivity index (χ1) is 15.5. The van der Waals surface area contributed by atoms with E-state index in [2.05, 4.69) is 35.8 Å². The number of nitrogens with two attached hydrogens (primary N) is 1. The highest BCUT2D eigenvalue weighted by Crippen LogP contribution is 2.28. The number of anilines is 1. The van der Waals surface area contributed by atoms with Gasteiger partial charge in [-0.05, 0) is 60.6 Å². The third kappa shape index (κ3) is 4.31. The number of hydrogen-bond donors (Lipinski definition) is 2. The van der Waals surface area contributed by atoms with E-state index >= 15 is 0 Å². The van der Waals surface area contributed by atoms with E-state index in [-0.39, 0.29) is 17.3 Å². The number of rotatable bonds is 7. The summed E-state index contributed by atoms with van der Waals surface area (Å²) in [6, 6.07) is 10.6. The number of hydrazone groups is 1. The van der Waals surface area contributed by atoms with Crippen LogP contribution >= 0.6 is 22.9 Å². The lowest BCUT2D eigenvalue weighted by atomic mass is 10.1. The van der Waals surface area contributed by atoms with E-state index < -0.39 is 5.91 Å². The fourth-order valence-corrected chi connectivity index (χ4v) is 3.79. The molecule has 32 heavy (non-hydrogen) atoms. The van der Waals surface area contributed by atoms with E-state index in [0.29, 0.717) is 33.7 Å². The van der Waals surface area contributed by atoms with Gasteiger partial charge in [0.05, 0.1) is 21.5 Å². The van der Waals surface area contributed by atoms with Crippen LogP contribution in [0.25, 0.3) is 17.1 Å². The van der Waals surface area contributed by atoms with E-state index in [4.69, 9.17) is 22.1 Å². The number of ether oxygens (including phenoxy) is 1. The molecule has 0 saturated carbocycles. The molecular weight excluding hydrogens is 456 g/mol. The van der Waals surface area contributed by atoms with Crippen molar-refractivity contribution in [3.63, 3.8) is 0 Å². The molecule has 13 heteroatoms. The van der Waals surface area contributed by atoms with E-state index in [1.165, 1.54) is 16.0 Å². The molecule has 164 valence electrons. The van der Waals surface area contributed by atoms with Gasteiger partial charge in [-0.2, -0.15) is 9.78 Å². The number of nitrogen functional groups attached to an aromatic ring is 1. The number of nitrogens with one attached hydrogen (secondary N) is 1. The van der Waals surface area contributed by atoms with Crippen LogP contribution in [0.2, 0.25) is 4.34 Å². The van der Waals surface area contributed by atoms with E-state index in [9.17, 15) is 4.79 Å². The lowest BCUT2D eigenvalue weighted by Crippen LogP contribution is -2.20. The van der Waals surface area contributed by atoms with Gasteiger partial charge in [0, 0.05) is 5.56 Å². The first kappa shape index (κ1) is 21.5. The van der Waals surface area contributed by atoms with Crippen molar-refractivity contribution >= 4 is 40.4 Å². The number of benzene rings is 1. The molecule has 0 aliphatic heterocycles. The Morgan fingerprint density at radius 2 is 2.06 bits per heavy atom. The maximum Gasteiger partial charge on any atom is 0.294 e. The molecule has 11 nitrogen and oxygen atoms in total. The van der Waals surface area contributed by atoms with Crippen LogP contribution in [0.15, 0.2) is 46.1 Å². The number of aromatic nitrogens is 5. The Labute approximate surface area is 190 Å². The van der Waals surface area contributed by atoms with Crippen LogP contribution in [0.5, 0.6) is 5.75 Å².